The molecule has 1 unspecified atom stereocenters. The van der Waals surface area contributed by atoms with E-state index in [0.717, 1.165) is 12.0 Å². The van der Waals surface area contributed by atoms with Gasteiger partial charge in [-0.05, 0) is 30.3 Å². The van der Waals surface area contributed by atoms with Gasteiger partial charge in [0.25, 0.3) is 5.91 Å². The first kappa shape index (κ1) is 16.2. The Morgan fingerprint density at radius 2 is 2.12 bits per heavy atom. The molecule has 0 aliphatic carbocycles. The number of ether oxygens (including phenoxy) is 1. The maximum Gasteiger partial charge on any atom is 0.272 e. The monoisotopic (exact) mass is 353 g/mol. The summed E-state index contributed by atoms with van der Waals surface area (Å²) in [5.41, 5.74) is 1.73. The van der Waals surface area contributed by atoms with Gasteiger partial charge in [-0.25, -0.2) is 9.37 Å². The number of halogens is 1. The highest BCUT2D eigenvalue weighted by Gasteiger charge is 2.29. The van der Waals surface area contributed by atoms with Gasteiger partial charge in [0, 0.05) is 30.9 Å². The summed E-state index contributed by atoms with van der Waals surface area (Å²) in [6, 6.07) is 7.65. The molecule has 0 radical (unpaired) electrons. The predicted octanol–water partition coefficient (Wildman–Crippen LogP) is 2.30. The molecule has 1 saturated heterocycles. The average molecular weight is 353 g/mol. The fourth-order valence-electron chi connectivity index (χ4n) is 2.90. The summed E-state index contributed by atoms with van der Waals surface area (Å²) in [7, 11) is 0. The van der Waals surface area contributed by atoms with Crippen molar-refractivity contribution in [2.75, 3.05) is 13.1 Å². The summed E-state index contributed by atoms with van der Waals surface area (Å²) in [5, 5.41) is 6.91. The van der Waals surface area contributed by atoms with E-state index in [0.29, 0.717) is 30.4 Å². The van der Waals surface area contributed by atoms with Crippen molar-refractivity contribution < 1.29 is 13.9 Å². The molecule has 3 heterocycles. The predicted molar refractivity (Wildman–Crippen MR) is 91.0 cm³/mol. The van der Waals surface area contributed by atoms with Crippen LogP contribution in [0.2, 0.25) is 0 Å². The number of carbonyl (C=O) groups is 1. The summed E-state index contributed by atoms with van der Waals surface area (Å²) in [6.45, 7) is 1.06. The van der Waals surface area contributed by atoms with Gasteiger partial charge >= 0.3 is 0 Å². The third-order valence-electron chi connectivity index (χ3n) is 4.21. The molecule has 1 fully saturated rings. The average Bonchev–Trinajstić information content (AvgIpc) is 3.33. The number of hydrogen-bond donors (Lipinski definition) is 1. The summed E-state index contributed by atoms with van der Waals surface area (Å²) < 4.78 is 18.8. The number of carbonyl (C=O) groups excluding carboxylic acids is 1. The van der Waals surface area contributed by atoms with Crippen LogP contribution in [-0.2, 0) is 0 Å². The smallest absolute Gasteiger partial charge is 0.272 e. The van der Waals surface area contributed by atoms with Crippen molar-refractivity contribution in [3.05, 3.63) is 60.4 Å². The molecule has 0 spiro atoms. The first-order valence-electron chi connectivity index (χ1n) is 8.22. The van der Waals surface area contributed by atoms with E-state index in [1.54, 1.807) is 41.7 Å². The summed E-state index contributed by atoms with van der Waals surface area (Å²) in [4.78, 5) is 22.4. The molecule has 1 aliphatic rings. The van der Waals surface area contributed by atoms with E-state index >= 15 is 0 Å². The Bertz CT molecular complexity index is 897. The maximum atomic E-state index is 13.0. The van der Waals surface area contributed by atoms with E-state index in [2.05, 4.69) is 20.2 Å². The van der Waals surface area contributed by atoms with Crippen LogP contribution >= 0.6 is 0 Å². The van der Waals surface area contributed by atoms with Crippen molar-refractivity contribution >= 4 is 5.91 Å². The first-order valence-corrected chi connectivity index (χ1v) is 8.22. The van der Waals surface area contributed by atoms with Crippen LogP contribution in [0.4, 0.5) is 4.39 Å². The number of aromatic nitrogens is 4. The van der Waals surface area contributed by atoms with E-state index in [1.807, 2.05) is 0 Å². The quantitative estimate of drug-likeness (QED) is 0.778. The third-order valence-corrected chi connectivity index (χ3v) is 4.21. The molecule has 1 aliphatic heterocycles. The fourth-order valence-corrected chi connectivity index (χ4v) is 2.90. The van der Waals surface area contributed by atoms with Crippen molar-refractivity contribution in [1.29, 1.82) is 0 Å². The maximum absolute atomic E-state index is 13.0. The fraction of sp³-hybridized carbons (Fsp3) is 0.222. The summed E-state index contributed by atoms with van der Waals surface area (Å²) in [5.74, 6) is -0.00478. The van der Waals surface area contributed by atoms with Crippen LogP contribution < -0.4 is 4.74 Å². The zero-order valence-electron chi connectivity index (χ0n) is 13.8. The highest BCUT2D eigenvalue weighted by atomic mass is 19.1. The Balaban J connectivity index is 1.41. The van der Waals surface area contributed by atoms with Crippen LogP contribution in [0.5, 0.6) is 5.88 Å². The van der Waals surface area contributed by atoms with E-state index < -0.39 is 0 Å². The number of benzene rings is 1. The third kappa shape index (κ3) is 3.39. The van der Waals surface area contributed by atoms with Crippen molar-refractivity contribution in [2.24, 2.45) is 0 Å². The second-order valence-electron chi connectivity index (χ2n) is 6.00. The molecule has 8 heteroatoms. The van der Waals surface area contributed by atoms with Crippen LogP contribution in [0.3, 0.4) is 0 Å². The molecule has 26 heavy (non-hydrogen) atoms. The van der Waals surface area contributed by atoms with Crippen LogP contribution in [0.25, 0.3) is 11.3 Å². The van der Waals surface area contributed by atoms with Crippen LogP contribution in [0, 0.1) is 5.82 Å². The molecule has 1 aromatic carbocycles. The summed E-state index contributed by atoms with van der Waals surface area (Å²) in [6.07, 6.45) is 5.30. The number of H-pyrrole nitrogens is 1. The number of nitrogens with one attached hydrogen (secondary N) is 1. The second-order valence-corrected chi connectivity index (χ2v) is 6.00. The van der Waals surface area contributed by atoms with Gasteiger partial charge in [0.1, 0.15) is 17.6 Å². The van der Waals surface area contributed by atoms with Crippen molar-refractivity contribution in [2.45, 2.75) is 12.5 Å². The first-order chi connectivity index (χ1) is 12.7. The Morgan fingerprint density at radius 1 is 1.27 bits per heavy atom. The molecule has 0 saturated carbocycles. The lowest BCUT2D eigenvalue weighted by molar-refractivity contribution is 0.0765. The van der Waals surface area contributed by atoms with Gasteiger partial charge < -0.3 is 9.64 Å². The van der Waals surface area contributed by atoms with Crippen LogP contribution in [0.1, 0.15) is 16.9 Å². The molecule has 1 atom stereocenters. The zero-order chi connectivity index (χ0) is 17.9. The zero-order valence-corrected chi connectivity index (χ0v) is 13.8. The van der Waals surface area contributed by atoms with E-state index in [4.69, 9.17) is 4.74 Å². The van der Waals surface area contributed by atoms with Gasteiger partial charge in [-0.2, -0.15) is 5.10 Å². The standard InChI is InChI=1S/C18H16FN5O2/c19-13-3-1-12(2-4-13)15-9-16(23-22-15)18(25)24-8-5-14(11-24)26-17-10-20-6-7-21-17/h1-4,6-7,9-10,14H,5,8,11H2,(H,22,23). The molecule has 3 aromatic rings. The van der Waals surface area contributed by atoms with Gasteiger partial charge in [0.05, 0.1) is 18.4 Å². The van der Waals surface area contributed by atoms with Gasteiger partial charge in [0.2, 0.25) is 5.88 Å². The molecule has 132 valence electrons. The molecule has 1 amide bonds. The van der Waals surface area contributed by atoms with Crippen LogP contribution in [0.15, 0.2) is 48.9 Å². The Morgan fingerprint density at radius 3 is 2.88 bits per heavy atom. The van der Waals surface area contributed by atoms with Gasteiger partial charge in [-0.15, -0.1) is 0 Å². The number of hydrogen-bond acceptors (Lipinski definition) is 5. The Hall–Kier alpha value is -3.29. The van der Waals surface area contributed by atoms with Crippen molar-refractivity contribution in [3.63, 3.8) is 0 Å². The molecule has 7 nitrogen and oxygen atoms in total. The molecule has 0 bridgehead atoms. The molecule has 1 N–H and O–H groups in total. The van der Waals surface area contributed by atoms with Gasteiger partial charge in [-0.1, -0.05) is 0 Å². The lowest BCUT2D eigenvalue weighted by atomic mass is 10.1. The lowest BCUT2D eigenvalue weighted by Gasteiger charge is -2.15. The second kappa shape index (κ2) is 6.91. The largest absolute Gasteiger partial charge is 0.471 e. The topological polar surface area (TPSA) is 84.0 Å². The molecular formula is C18H16FN5O2. The Labute approximate surface area is 148 Å². The minimum absolute atomic E-state index is 0.116. The number of likely N-dealkylation sites (tertiary alicyclic amines) is 1. The molecule has 4 rings (SSSR count). The van der Waals surface area contributed by atoms with Crippen molar-refractivity contribution in [1.82, 2.24) is 25.1 Å². The minimum Gasteiger partial charge on any atom is -0.471 e. The van der Waals surface area contributed by atoms with Gasteiger partial charge in [0.15, 0.2) is 0 Å². The molecule has 2 aromatic heterocycles. The van der Waals surface area contributed by atoms with E-state index in [-0.39, 0.29) is 17.8 Å². The van der Waals surface area contributed by atoms with Crippen molar-refractivity contribution in [3.8, 4) is 17.1 Å². The SMILES string of the molecule is O=C(c1cc(-c2ccc(F)cc2)n[nH]1)N1CCC(Oc2cnccn2)C1. The Kier molecular flexibility index (Phi) is 4.30. The molecular weight excluding hydrogens is 337 g/mol. The summed E-state index contributed by atoms with van der Waals surface area (Å²) >= 11 is 0. The number of amides is 1. The number of rotatable bonds is 4. The highest BCUT2D eigenvalue weighted by molar-refractivity contribution is 5.93. The van der Waals surface area contributed by atoms with Crippen LogP contribution in [-0.4, -0.2) is 50.2 Å². The minimum atomic E-state index is -0.313. The number of nitrogens with zero attached hydrogens (tertiary/aromatic N) is 4. The normalized spacial score (nSPS) is 16.7. The van der Waals surface area contributed by atoms with Gasteiger partial charge in [-0.3, -0.25) is 14.9 Å². The van der Waals surface area contributed by atoms with E-state index in [9.17, 15) is 9.18 Å². The number of aromatic amines is 1. The van der Waals surface area contributed by atoms with E-state index in [1.165, 1.54) is 12.1 Å². The highest BCUT2D eigenvalue weighted by Crippen LogP contribution is 2.21. The lowest BCUT2D eigenvalue weighted by Crippen LogP contribution is -2.31.